The van der Waals surface area contributed by atoms with E-state index in [0.29, 0.717) is 17.9 Å². The molecule has 3 aromatic rings. The fourth-order valence-electron chi connectivity index (χ4n) is 3.27. The number of benzene rings is 2. The van der Waals surface area contributed by atoms with Crippen LogP contribution in [0, 0.1) is 19.7 Å². The Bertz CT molecular complexity index is 1190. The lowest BCUT2D eigenvalue weighted by atomic mass is 10.1. The van der Waals surface area contributed by atoms with Crippen molar-refractivity contribution in [3.63, 3.8) is 0 Å². The van der Waals surface area contributed by atoms with Crippen LogP contribution in [-0.4, -0.2) is 40.7 Å². The second-order valence-corrected chi connectivity index (χ2v) is 8.07. The molecule has 0 saturated heterocycles. The van der Waals surface area contributed by atoms with Crippen molar-refractivity contribution < 1.29 is 23.5 Å². The smallest absolute Gasteiger partial charge is 0.343 e. The van der Waals surface area contributed by atoms with Crippen LogP contribution in [0.2, 0.25) is 5.15 Å². The molecule has 2 N–H and O–H groups in total. The minimum absolute atomic E-state index is 0.0500. The molecule has 0 fully saturated rings. The highest BCUT2D eigenvalue weighted by atomic mass is 35.5. The predicted octanol–water partition coefficient (Wildman–Crippen LogP) is 3.41. The number of primary amides is 1. The molecule has 0 aliphatic carbocycles. The molecular formula is C24H24ClFN4O4. The van der Waals surface area contributed by atoms with Crippen molar-refractivity contribution in [2.24, 2.45) is 5.73 Å². The Morgan fingerprint density at radius 1 is 1.09 bits per heavy atom. The van der Waals surface area contributed by atoms with E-state index < -0.39 is 30.2 Å². The highest BCUT2D eigenvalue weighted by Gasteiger charge is 2.24. The number of ether oxygens (including phenoxy) is 1. The second kappa shape index (κ2) is 10.9. The van der Waals surface area contributed by atoms with E-state index in [0.717, 1.165) is 11.1 Å². The number of nitrogens with zero attached hydrogens (tertiary/aromatic N) is 3. The summed E-state index contributed by atoms with van der Waals surface area (Å²) < 4.78 is 20.0. The third-order valence-corrected chi connectivity index (χ3v) is 5.45. The van der Waals surface area contributed by atoms with Crippen LogP contribution in [0.5, 0.6) is 0 Å². The SMILES string of the molecule is Cc1ccc(Cn2nc(C)c(C(=O)OCC(=O)N(CCC(N)=O)c3ccc(F)cc3)c2Cl)cc1. The Kier molecular flexibility index (Phi) is 8.01. The molecule has 0 spiro atoms. The van der Waals surface area contributed by atoms with E-state index in [9.17, 15) is 18.8 Å². The van der Waals surface area contributed by atoms with Crippen molar-refractivity contribution in [2.75, 3.05) is 18.1 Å². The molecule has 178 valence electrons. The first-order valence-electron chi connectivity index (χ1n) is 10.5. The van der Waals surface area contributed by atoms with Crippen LogP contribution >= 0.6 is 11.6 Å². The zero-order valence-electron chi connectivity index (χ0n) is 18.8. The van der Waals surface area contributed by atoms with E-state index >= 15 is 0 Å². The lowest BCUT2D eigenvalue weighted by Gasteiger charge is -2.22. The molecule has 0 atom stereocenters. The van der Waals surface area contributed by atoms with E-state index in [1.54, 1.807) is 6.92 Å². The van der Waals surface area contributed by atoms with E-state index in [4.69, 9.17) is 22.1 Å². The molecule has 0 radical (unpaired) electrons. The number of nitrogens with two attached hydrogens (primary N) is 1. The summed E-state index contributed by atoms with van der Waals surface area (Å²) in [5, 5.41) is 4.41. The van der Waals surface area contributed by atoms with Crippen LogP contribution < -0.4 is 10.6 Å². The zero-order valence-corrected chi connectivity index (χ0v) is 19.5. The van der Waals surface area contributed by atoms with Crippen molar-refractivity contribution in [3.8, 4) is 0 Å². The molecule has 1 heterocycles. The number of esters is 1. The predicted molar refractivity (Wildman–Crippen MR) is 125 cm³/mol. The average Bonchev–Trinajstić information content (AvgIpc) is 3.07. The first-order valence-corrected chi connectivity index (χ1v) is 10.8. The summed E-state index contributed by atoms with van der Waals surface area (Å²) >= 11 is 6.40. The van der Waals surface area contributed by atoms with Gasteiger partial charge in [-0.3, -0.25) is 9.59 Å². The van der Waals surface area contributed by atoms with Gasteiger partial charge in [0.15, 0.2) is 6.61 Å². The maximum absolute atomic E-state index is 13.3. The number of hydrogen-bond acceptors (Lipinski definition) is 5. The molecule has 3 rings (SSSR count). The lowest BCUT2D eigenvalue weighted by Crippen LogP contribution is -2.37. The summed E-state index contributed by atoms with van der Waals surface area (Å²) in [5.74, 6) is -2.51. The van der Waals surface area contributed by atoms with Gasteiger partial charge in [0, 0.05) is 18.7 Å². The van der Waals surface area contributed by atoms with Gasteiger partial charge in [-0.05, 0) is 43.7 Å². The van der Waals surface area contributed by atoms with Crippen molar-refractivity contribution in [3.05, 3.63) is 81.9 Å². The van der Waals surface area contributed by atoms with Crippen LogP contribution in [0.1, 0.15) is 33.6 Å². The molecule has 0 saturated carbocycles. The molecule has 8 nitrogen and oxygen atoms in total. The normalized spacial score (nSPS) is 10.7. The molecule has 0 bridgehead atoms. The van der Waals surface area contributed by atoms with E-state index in [1.807, 2.05) is 31.2 Å². The van der Waals surface area contributed by atoms with Gasteiger partial charge in [0.25, 0.3) is 5.91 Å². The first kappa shape index (κ1) is 24.9. The van der Waals surface area contributed by atoms with Gasteiger partial charge in [0.05, 0.1) is 12.2 Å². The topological polar surface area (TPSA) is 108 Å². The summed E-state index contributed by atoms with van der Waals surface area (Å²) in [6.07, 6.45) is -0.117. The Hall–Kier alpha value is -3.72. The molecule has 10 heteroatoms. The number of halogens is 2. The summed E-state index contributed by atoms with van der Waals surface area (Å²) in [4.78, 5) is 37.9. The lowest BCUT2D eigenvalue weighted by molar-refractivity contribution is -0.121. The summed E-state index contributed by atoms with van der Waals surface area (Å²) in [7, 11) is 0. The molecular weight excluding hydrogens is 463 g/mol. The summed E-state index contributed by atoms with van der Waals surface area (Å²) in [5.41, 5.74) is 8.02. The molecule has 2 amide bonds. The second-order valence-electron chi connectivity index (χ2n) is 7.71. The van der Waals surface area contributed by atoms with E-state index in [2.05, 4.69) is 5.10 Å². The van der Waals surface area contributed by atoms with Gasteiger partial charge in [-0.2, -0.15) is 5.10 Å². The fourth-order valence-corrected chi connectivity index (χ4v) is 3.59. The Balaban J connectivity index is 1.71. The molecule has 2 aromatic carbocycles. The van der Waals surface area contributed by atoms with Gasteiger partial charge >= 0.3 is 5.97 Å². The van der Waals surface area contributed by atoms with Gasteiger partial charge in [-0.15, -0.1) is 0 Å². The maximum atomic E-state index is 13.3. The number of rotatable bonds is 9. The van der Waals surface area contributed by atoms with Crippen LogP contribution in [-0.2, 0) is 20.9 Å². The van der Waals surface area contributed by atoms with Gasteiger partial charge in [0.2, 0.25) is 5.91 Å². The summed E-state index contributed by atoms with van der Waals surface area (Å²) in [6, 6.07) is 12.9. The van der Waals surface area contributed by atoms with Crippen LogP contribution in [0.4, 0.5) is 10.1 Å². The van der Waals surface area contributed by atoms with Gasteiger partial charge < -0.3 is 15.4 Å². The van der Waals surface area contributed by atoms with Crippen molar-refractivity contribution in [2.45, 2.75) is 26.8 Å². The quantitative estimate of drug-likeness (QED) is 0.466. The van der Waals surface area contributed by atoms with E-state index in [1.165, 1.54) is 33.8 Å². The number of aromatic nitrogens is 2. The van der Waals surface area contributed by atoms with Gasteiger partial charge in [-0.1, -0.05) is 41.4 Å². The third kappa shape index (κ3) is 6.20. The van der Waals surface area contributed by atoms with Crippen LogP contribution in [0.25, 0.3) is 0 Å². The number of anilines is 1. The fraction of sp³-hybridized carbons (Fsp3) is 0.250. The highest BCUT2D eigenvalue weighted by molar-refractivity contribution is 6.32. The average molecular weight is 487 g/mol. The van der Waals surface area contributed by atoms with Crippen molar-refractivity contribution >= 4 is 35.1 Å². The minimum Gasteiger partial charge on any atom is -0.452 e. The zero-order chi connectivity index (χ0) is 24.8. The van der Waals surface area contributed by atoms with Gasteiger partial charge in [0.1, 0.15) is 16.5 Å². The number of aryl methyl sites for hydroxylation is 2. The summed E-state index contributed by atoms with van der Waals surface area (Å²) in [6.45, 7) is 3.29. The molecule has 1 aromatic heterocycles. The number of amides is 2. The standard InChI is InChI=1S/C24H24ClFN4O4/c1-15-3-5-17(6-4-15)13-30-23(25)22(16(2)28-30)24(33)34-14-21(32)29(12-11-20(27)31)19-9-7-18(26)8-10-19/h3-10H,11-14H2,1-2H3,(H2,27,31). The van der Waals surface area contributed by atoms with Crippen LogP contribution in [0.15, 0.2) is 48.5 Å². The molecule has 0 aliphatic heterocycles. The molecule has 0 aliphatic rings. The Labute approximate surface area is 201 Å². The van der Waals surface area contributed by atoms with Crippen molar-refractivity contribution in [1.29, 1.82) is 0 Å². The first-order chi connectivity index (χ1) is 16.2. The number of carbonyl (C=O) groups excluding carboxylic acids is 3. The Morgan fingerprint density at radius 2 is 1.74 bits per heavy atom. The maximum Gasteiger partial charge on any atom is 0.343 e. The molecule has 0 unspecified atom stereocenters. The number of carbonyl (C=O) groups is 3. The van der Waals surface area contributed by atoms with Gasteiger partial charge in [-0.25, -0.2) is 13.9 Å². The molecule has 34 heavy (non-hydrogen) atoms. The Morgan fingerprint density at radius 3 is 2.35 bits per heavy atom. The third-order valence-electron chi connectivity index (χ3n) is 5.07. The highest BCUT2D eigenvalue weighted by Crippen LogP contribution is 2.22. The van der Waals surface area contributed by atoms with Crippen molar-refractivity contribution in [1.82, 2.24) is 9.78 Å². The van der Waals surface area contributed by atoms with E-state index in [-0.39, 0.29) is 23.7 Å². The minimum atomic E-state index is -0.806. The van der Waals surface area contributed by atoms with Crippen LogP contribution in [0.3, 0.4) is 0 Å². The number of hydrogen-bond donors (Lipinski definition) is 1. The monoisotopic (exact) mass is 486 g/mol. The largest absolute Gasteiger partial charge is 0.452 e.